The van der Waals surface area contributed by atoms with Crippen LogP contribution in [0.15, 0.2) is 12.5 Å². The van der Waals surface area contributed by atoms with E-state index in [2.05, 4.69) is 27.0 Å². The number of aromatic amines is 1. The molecule has 13 heavy (non-hydrogen) atoms. The Morgan fingerprint density at radius 1 is 1.69 bits per heavy atom. The smallest absolute Gasteiger partial charge is 0.0922 e. The molecule has 1 aromatic heterocycles. The molecule has 0 saturated carbocycles. The van der Waals surface area contributed by atoms with Crippen molar-refractivity contribution in [3.63, 3.8) is 0 Å². The molecule has 2 heterocycles. The van der Waals surface area contributed by atoms with Crippen molar-refractivity contribution in [2.75, 3.05) is 12.3 Å². The molecule has 1 atom stereocenters. The van der Waals surface area contributed by atoms with Gasteiger partial charge in [-0.2, -0.15) is 11.8 Å². The van der Waals surface area contributed by atoms with Gasteiger partial charge in [0.05, 0.1) is 6.33 Å². The summed E-state index contributed by atoms with van der Waals surface area (Å²) in [5.74, 6) is 1.34. The van der Waals surface area contributed by atoms with Crippen LogP contribution in [0, 0.1) is 0 Å². The molecular weight excluding hydrogens is 182 g/mol. The molecule has 0 radical (unpaired) electrons. The van der Waals surface area contributed by atoms with E-state index in [0.717, 1.165) is 18.3 Å². The van der Waals surface area contributed by atoms with Gasteiger partial charge in [0.1, 0.15) is 0 Å². The molecule has 0 bridgehead atoms. The lowest BCUT2D eigenvalue weighted by Crippen LogP contribution is -2.22. The van der Waals surface area contributed by atoms with Gasteiger partial charge in [-0.1, -0.05) is 0 Å². The Morgan fingerprint density at radius 2 is 2.69 bits per heavy atom. The van der Waals surface area contributed by atoms with E-state index in [-0.39, 0.29) is 0 Å². The number of thioether (sulfide) groups is 1. The predicted molar refractivity (Wildman–Crippen MR) is 55.8 cm³/mol. The Labute approximate surface area is 82.7 Å². The molecule has 3 nitrogen and oxygen atoms in total. The SMILES string of the molecule is c1ncc(CNCC2CCCS2)[nH]1. The number of nitrogens with zero attached hydrogens (tertiary/aromatic N) is 1. The number of rotatable bonds is 4. The minimum Gasteiger partial charge on any atom is -0.347 e. The van der Waals surface area contributed by atoms with Crippen molar-refractivity contribution in [3.8, 4) is 0 Å². The molecule has 0 aliphatic carbocycles. The van der Waals surface area contributed by atoms with Crippen LogP contribution < -0.4 is 5.32 Å². The topological polar surface area (TPSA) is 40.7 Å². The monoisotopic (exact) mass is 197 g/mol. The first-order valence-corrected chi connectivity index (χ1v) is 5.79. The molecule has 1 unspecified atom stereocenters. The van der Waals surface area contributed by atoms with E-state index in [4.69, 9.17) is 0 Å². The quantitative estimate of drug-likeness (QED) is 0.766. The summed E-state index contributed by atoms with van der Waals surface area (Å²) in [6.07, 6.45) is 6.36. The molecule has 4 heteroatoms. The summed E-state index contributed by atoms with van der Waals surface area (Å²) in [6.45, 7) is 2.04. The van der Waals surface area contributed by atoms with Crippen LogP contribution in [0.1, 0.15) is 18.5 Å². The molecule has 72 valence electrons. The highest BCUT2D eigenvalue weighted by Crippen LogP contribution is 2.25. The van der Waals surface area contributed by atoms with E-state index in [9.17, 15) is 0 Å². The van der Waals surface area contributed by atoms with Gasteiger partial charge in [0, 0.05) is 30.2 Å². The molecule has 1 fully saturated rings. The van der Waals surface area contributed by atoms with Crippen LogP contribution in [0.25, 0.3) is 0 Å². The Morgan fingerprint density at radius 3 is 3.38 bits per heavy atom. The minimum absolute atomic E-state index is 0.836. The fourth-order valence-corrected chi connectivity index (χ4v) is 2.79. The summed E-state index contributed by atoms with van der Waals surface area (Å²) >= 11 is 2.09. The average Bonchev–Trinajstić information content (AvgIpc) is 2.75. The van der Waals surface area contributed by atoms with Crippen LogP contribution >= 0.6 is 11.8 Å². The summed E-state index contributed by atoms with van der Waals surface area (Å²) in [6, 6.07) is 0. The lowest BCUT2D eigenvalue weighted by atomic mass is 10.2. The van der Waals surface area contributed by atoms with Gasteiger partial charge in [0.15, 0.2) is 0 Å². The van der Waals surface area contributed by atoms with Crippen LogP contribution in [-0.4, -0.2) is 27.5 Å². The van der Waals surface area contributed by atoms with E-state index >= 15 is 0 Å². The van der Waals surface area contributed by atoms with Gasteiger partial charge in [-0.05, 0) is 18.6 Å². The maximum atomic E-state index is 3.97. The Balaban J connectivity index is 1.63. The van der Waals surface area contributed by atoms with Crippen LogP contribution in [0.2, 0.25) is 0 Å². The molecule has 1 aromatic rings. The summed E-state index contributed by atoms with van der Waals surface area (Å²) in [5.41, 5.74) is 1.17. The van der Waals surface area contributed by atoms with E-state index < -0.39 is 0 Å². The zero-order valence-corrected chi connectivity index (χ0v) is 8.44. The lowest BCUT2D eigenvalue weighted by Gasteiger charge is -2.08. The standard InChI is InChI=1S/C9H15N3S/c1-2-9(13-3-1)6-10-4-8-5-11-7-12-8/h5,7,9-10H,1-4,6H2,(H,11,12). The van der Waals surface area contributed by atoms with Crippen LogP contribution in [0.4, 0.5) is 0 Å². The number of nitrogens with one attached hydrogen (secondary N) is 2. The number of aromatic nitrogens is 2. The number of imidazole rings is 1. The third-order valence-electron chi connectivity index (χ3n) is 2.27. The molecule has 1 aliphatic rings. The highest BCUT2D eigenvalue weighted by Gasteiger charge is 2.14. The van der Waals surface area contributed by atoms with Gasteiger partial charge in [0.2, 0.25) is 0 Å². The number of hydrogen-bond donors (Lipinski definition) is 2. The molecule has 1 aliphatic heterocycles. The first kappa shape index (κ1) is 9.09. The molecule has 2 N–H and O–H groups in total. The molecule has 0 spiro atoms. The van der Waals surface area contributed by atoms with Crippen molar-refractivity contribution >= 4 is 11.8 Å². The van der Waals surface area contributed by atoms with E-state index in [1.165, 1.54) is 24.3 Å². The second kappa shape index (κ2) is 4.67. The molecule has 2 rings (SSSR count). The van der Waals surface area contributed by atoms with Crippen molar-refractivity contribution in [2.45, 2.75) is 24.6 Å². The summed E-state index contributed by atoms with van der Waals surface area (Å²) in [5, 5.41) is 4.27. The van der Waals surface area contributed by atoms with Crippen molar-refractivity contribution in [2.24, 2.45) is 0 Å². The van der Waals surface area contributed by atoms with Crippen molar-refractivity contribution < 1.29 is 0 Å². The predicted octanol–water partition coefficient (Wildman–Crippen LogP) is 1.39. The zero-order chi connectivity index (χ0) is 8.93. The van der Waals surface area contributed by atoms with Crippen molar-refractivity contribution in [3.05, 3.63) is 18.2 Å². The summed E-state index contributed by atoms with van der Waals surface area (Å²) in [7, 11) is 0. The third kappa shape index (κ3) is 2.74. The Hall–Kier alpha value is -0.480. The van der Waals surface area contributed by atoms with Crippen molar-refractivity contribution in [1.82, 2.24) is 15.3 Å². The largest absolute Gasteiger partial charge is 0.347 e. The summed E-state index contributed by atoms with van der Waals surface area (Å²) in [4.78, 5) is 7.05. The first-order chi connectivity index (χ1) is 6.45. The van der Waals surface area contributed by atoms with Gasteiger partial charge < -0.3 is 10.3 Å². The highest BCUT2D eigenvalue weighted by atomic mass is 32.2. The van der Waals surface area contributed by atoms with Crippen LogP contribution in [-0.2, 0) is 6.54 Å². The zero-order valence-electron chi connectivity index (χ0n) is 7.62. The molecule has 0 aromatic carbocycles. The van der Waals surface area contributed by atoms with Gasteiger partial charge in [-0.25, -0.2) is 4.98 Å². The van der Waals surface area contributed by atoms with E-state index in [1.807, 2.05) is 6.20 Å². The van der Waals surface area contributed by atoms with E-state index in [0.29, 0.717) is 0 Å². The van der Waals surface area contributed by atoms with Crippen LogP contribution in [0.5, 0.6) is 0 Å². The second-order valence-corrected chi connectivity index (χ2v) is 4.75. The normalized spacial score (nSPS) is 22.3. The van der Waals surface area contributed by atoms with Crippen LogP contribution in [0.3, 0.4) is 0 Å². The maximum absolute atomic E-state index is 3.97. The highest BCUT2D eigenvalue weighted by molar-refractivity contribution is 8.00. The van der Waals surface area contributed by atoms with Gasteiger partial charge in [0.25, 0.3) is 0 Å². The maximum Gasteiger partial charge on any atom is 0.0922 e. The lowest BCUT2D eigenvalue weighted by molar-refractivity contribution is 0.639. The fraction of sp³-hybridized carbons (Fsp3) is 0.667. The van der Waals surface area contributed by atoms with Gasteiger partial charge in [-0.3, -0.25) is 0 Å². The number of H-pyrrole nitrogens is 1. The van der Waals surface area contributed by atoms with E-state index in [1.54, 1.807) is 6.33 Å². The number of hydrogen-bond acceptors (Lipinski definition) is 3. The average molecular weight is 197 g/mol. The van der Waals surface area contributed by atoms with Crippen molar-refractivity contribution in [1.29, 1.82) is 0 Å². The molecule has 1 saturated heterocycles. The van der Waals surface area contributed by atoms with Gasteiger partial charge in [-0.15, -0.1) is 0 Å². The van der Waals surface area contributed by atoms with Gasteiger partial charge >= 0.3 is 0 Å². The molecular formula is C9H15N3S. The Bertz CT molecular complexity index is 229. The fourth-order valence-electron chi connectivity index (χ4n) is 1.55. The first-order valence-electron chi connectivity index (χ1n) is 4.75. The third-order valence-corrected chi connectivity index (χ3v) is 3.66. The minimum atomic E-state index is 0.836. The summed E-state index contributed by atoms with van der Waals surface area (Å²) < 4.78 is 0. The Kier molecular flexibility index (Phi) is 3.27. The second-order valence-electron chi connectivity index (χ2n) is 3.34. The molecule has 0 amide bonds.